The Hall–Kier alpha value is -5.35. The molecular formula is C44H50F2N2O7Si2. The Balaban J connectivity index is 1.02. The molecule has 57 heavy (non-hydrogen) atoms. The van der Waals surface area contributed by atoms with Gasteiger partial charge >= 0.3 is 11.9 Å². The first kappa shape index (κ1) is 44.4. The summed E-state index contributed by atoms with van der Waals surface area (Å²) in [5.41, 5.74) is 0.386. The molecule has 0 bridgehead atoms. The van der Waals surface area contributed by atoms with E-state index in [0.717, 1.165) is 75.6 Å². The van der Waals surface area contributed by atoms with E-state index < -0.39 is 40.2 Å². The van der Waals surface area contributed by atoms with Crippen molar-refractivity contribution in [3.63, 3.8) is 0 Å². The summed E-state index contributed by atoms with van der Waals surface area (Å²) >= 11 is 0. The molecular weight excluding hydrogens is 763 g/mol. The molecule has 300 valence electrons. The number of rotatable bonds is 22. The van der Waals surface area contributed by atoms with Crippen LogP contribution in [0.2, 0.25) is 38.3 Å². The maximum Gasteiger partial charge on any atom is 0.343 e. The third-order valence-corrected chi connectivity index (χ3v) is 16.7. The van der Waals surface area contributed by atoms with E-state index in [9.17, 15) is 18.4 Å². The third-order valence-electron chi connectivity index (χ3n) is 9.16. The van der Waals surface area contributed by atoms with E-state index in [1.54, 1.807) is 60.7 Å². The van der Waals surface area contributed by atoms with Crippen LogP contribution in [0.5, 0.6) is 23.0 Å². The topological polar surface area (TPSA) is 128 Å². The van der Waals surface area contributed by atoms with Crippen molar-refractivity contribution in [3.8, 4) is 35.1 Å². The molecule has 0 radical (unpaired) electrons. The van der Waals surface area contributed by atoms with Crippen LogP contribution < -0.4 is 18.9 Å². The largest absolute Gasteiger partial charge is 0.494 e. The first-order valence-corrected chi connectivity index (χ1v) is 25.5. The first-order valence-electron chi connectivity index (χ1n) is 19.3. The Labute approximate surface area is 336 Å². The van der Waals surface area contributed by atoms with Gasteiger partial charge in [-0.2, -0.15) is 10.5 Å². The monoisotopic (exact) mass is 812 g/mol. The molecule has 0 aliphatic carbocycles. The molecule has 13 heteroatoms. The standard InChI is InChI=1S/C44H50F2N2O7Si2/c1-56(2,27-11-7-5-9-25-51-37-19-13-33(14-20-37)43(49)53-39-23-17-35(31-47)41(45)29-39)55-57(3,4)28-12-8-6-10-26-52-38-21-15-34(16-22-38)44(50)54-40-24-18-36(32-48)42(46)30-40/h13-24,29-30H,5-12,25-28H2,1-4H3. The smallest absolute Gasteiger partial charge is 0.343 e. The second-order valence-corrected chi connectivity index (χ2v) is 23.8. The van der Waals surface area contributed by atoms with Crippen LogP contribution in [0.3, 0.4) is 0 Å². The SMILES string of the molecule is C[Si](C)(CCCCCCOc1ccc(C(=O)Oc2ccc(C#N)c(F)c2)cc1)O[Si](C)(C)CCCCCCOc1ccc(C(=O)Oc2ccc(C#N)c(F)c2)cc1. The highest BCUT2D eigenvalue weighted by atomic mass is 28.4. The van der Waals surface area contributed by atoms with Crippen molar-refractivity contribution in [2.75, 3.05) is 13.2 Å². The van der Waals surface area contributed by atoms with Crippen LogP contribution in [0.15, 0.2) is 84.9 Å². The van der Waals surface area contributed by atoms with Crippen LogP contribution in [0, 0.1) is 34.3 Å². The summed E-state index contributed by atoms with van der Waals surface area (Å²) in [6, 6.07) is 26.3. The summed E-state index contributed by atoms with van der Waals surface area (Å²) in [7, 11) is -3.55. The molecule has 0 N–H and O–H groups in total. The number of nitriles is 2. The fourth-order valence-electron chi connectivity index (χ4n) is 6.25. The molecule has 0 saturated carbocycles. The number of nitrogens with zero attached hydrogens (tertiary/aromatic N) is 2. The molecule has 0 aliphatic rings. The molecule has 0 aromatic heterocycles. The average molecular weight is 813 g/mol. The molecule has 0 heterocycles. The van der Waals surface area contributed by atoms with Gasteiger partial charge in [-0.05, 0) is 124 Å². The van der Waals surface area contributed by atoms with Gasteiger partial charge in [0.15, 0.2) is 16.6 Å². The quantitative estimate of drug-likeness (QED) is 0.0330. The lowest BCUT2D eigenvalue weighted by atomic mass is 10.2. The van der Waals surface area contributed by atoms with E-state index in [1.165, 1.54) is 24.3 Å². The summed E-state index contributed by atoms with van der Waals surface area (Å²) in [6.45, 7) is 10.5. The van der Waals surface area contributed by atoms with Crippen molar-refractivity contribution >= 4 is 28.6 Å². The number of ether oxygens (including phenoxy) is 4. The van der Waals surface area contributed by atoms with Gasteiger partial charge < -0.3 is 23.1 Å². The van der Waals surface area contributed by atoms with Gasteiger partial charge in [0.1, 0.15) is 46.8 Å². The first-order chi connectivity index (χ1) is 27.3. The lowest BCUT2D eigenvalue weighted by Crippen LogP contribution is -2.44. The fourth-order valence-corrected chi connectivity index (χ4v) is 15.3. The maximum absolute atomic E-state index is 13.8. The van der Waals surface area contributed by atoms with Crippen LogP contribution in [-0.2, 0) is 4.12 Å². The van der Waals surface area contributed by atoms with Crippen molar-refractivity contribution in [2.24, 2.45) is 0 Å². The van der Waals surface area contributed by atoms with Crippen molar-refractivity contribution in [1.29, 1.82) is 10.5 Å². The second kappa shape index (κ2) is 21.8. The molecule has 0 aliphatic heterocycles. The Morgan fingerprint density at radius 1 is 0.526 bits per heavy atom. The van der Waals surface area contributed by atoms with Crippen LogP contribution in [-0.4, -0.2) is 41.8 Å². The highest BCUT2D eigenvalue weighted by molar-refractivity contribution is 6.84. The zero-order valence-corrected chi connectivity index (χ0v) is 35.1. The third kappa shape index (κ3) is 15.3. The van der Waals surface area contributed by atoms with Crippen molar-refractivity contribution in [1.82, 2.24) is 0 Å². The minimum atomic E-state index is -1.78. The number of unbranched alkanes of at least 4 members (excludes halogenated alkanes) is 6. The van der Waals surface area contributed by atoms with E-state index in [2.05, 4.69) is 26.2 Å². The van der Waals surface area contributed by atoms with Crippen LogP contribution in [0.4, 0.5) is 8.78 Å². The number of benzene rings is 4. The van der Waals surface area contributed by atoms with E-state index in [0.29, 0.717) is 35.8 Å². The molecule has 4 aromatic rings. The summed E-state index contributed by atoms with van der Waals surface area (Å²) in [4.78, 5) is 24.8. The van der Waals surface area contributed by atoms with Gasteiger partial charge in [-0.25, -0.2) is 18.4 Å². The minimum Gasteiger partial charge on any atom is -0.494 e. The van der Waals surface area contributed by atoms with Gasteiger partial charge in [0, 0.05) is 12.1 Å². The van der Waals surface area contributed by atoms with E-state index in [-0.39, 0.29) is 22.6 Å². The molecule has 0 fully saturated rings. The van der Waals surface area contributed by atoms with Gasteiger partial charge in [0.25, 0.3) is 0 Å². The zero-order chi connectivity index (χ0) is 41.3. The molecule has 0 amide bonds. The number of carbonyl (C=O) groups is 2. The van der Waals surface area contributed by atoms with Crippen molar-refractivity contribution in [2.45, 2.75) is 89.6 Å². The van der Waals surface area contributed by atoms with Crippen molar-refractivity contribution < 1.29 is 41.4 Å². The van der Waals surface area contributed by atoms with E-state index >= 15 is 0 Å². The molecule has 0 saturated heterocycles. The predicted molar refractivity (Wildman–Crippen MR) is 219 cm³/mol. The highest BCUT2D eigenvalue weighted by Crippen LogP contribution is 2.26. The van der Waals surface area contributed by atoms with Gasteiger partial charge in [0.2, 0.25) is 0 Å². The van der Waals surface area contributed by atoms with Gasteiger partial charge in [-0.3, -0.25) is 0 Å². The molecule has 0 unspecified atom stereocenters. The maximum atomic E-state index is 13.8. The molecule has 4 aromatic carbocycles. The normalized spacial score (nSPS) is 11.3. The van der Waals surface area contributed by atoms with Gasteiger partial charge in [-0.15, -0.1) is 0 Å². The number of halogens is 2. The van der Waals surface area contributed by atoms with Crippen LogP contribution in [0.25, 0.3) is 0 Å². The minimum absolute atomic E-state index is 0.0308. The molecule has 0 atom stereocenters. The highest BCUT2D eigenvalue weighted by Gasteiger charge is 2.32. The lowest BCUT2D eigenvalue weighted by molar-refractivity contribution is 0.0724. The fraction of sp³-hybridized carbons (Fsp3) is 0.364. The number of esters is 2. The van der Waals surface area contributed by atoms with Crippen LogP contribution >= 0.6 is 0 Å². The molecule has 9 nitrogen and oxygen atoms in total. The number of hydrogen-bond acceptors (Lipinski definition) is 9. The zero-order valence-electron chi connectivity index (χ0n) is 33.1. The van der Waals surface area contributed by atoms with E-state index in [1.807, 2.05) is 0 Å². The van der Waals surface area contributed by atoms with E-state index in [4.69, 9.17) is 33.6 Å². The molecule has 0 spiro atoms. The summed E-state index contributed by atoms with van der Waals surface area (Å²) in [6.07, 6.45) is 8.48. The summed E-state index contributed by atoms with van der Waals surface area (Å²) < 4.78 is 56.6. The summed E-state index contributed by atoms with van der Waals surface area (Å²) in [5.74, 6) is -1.35. The van der Waals surface area contributed by atoms with Gasteiger partial charge in [0.05, 0.1) is 35.5 Å². The average Bonchev–Trinajstić information content (AvgIpc) is 3.17. The lowest BCUT2D eigenvalue weighted by Gasteiger charge is -2.34. The van der Waals surface area contributed by atoms with Gasteiger partial charge in [-0.1, -0.05) is 38.5 Å². The summed E-state index contributed by atoms with van der Waals surface area (Å²) in [5, 5.41) is 17.7. The number of carbonyl (C=O) groups excluding carboxylic acids is 2. The van der Waals surface area contributed by atoms with Crippen molar-refractivity contribution in [3.05, 3.63) is 119 Å². The Morgan fingerprint density at radius 2 is 0.877 bits per heavy atom. The second-order valence-electron chi connectivity index (χ2n) is 15.0. The Bertz CT molecular complexity index is 1880. The molecule has 4 rings (SSSR count). The Kier molecular flexibility index (Phi) is 17.0. The van der Waals surface area contributed by atoms with Crippen LogP contribution in [0.1, 0.15) is 83.2 Å². The number of hydrogen-bond donors (Lipinski definition) is 0. The predicted octanol–water partition coefficient (Wildman–Crippen LogP) is 11.2. The Morgan fingerprint density at radius 3 is 1.23 bits per heavy atom.